The molecule has 12 heteroatoms. The number of aryl methyl sites for hydroxylation is 2. The van der Waals surface area contributed by atoms with Gasteiger partial charge in [0.05, 0.1) is 25.1 Å². The third-order valence-corrected chi connectivity index (χ3v) is 7.16. The molecule has 6 rings (SSSR count). The average molecular weight is 474 g/mol. The summed E-state index contributed by atoms with van der Waals surface area (Å²) in [4.78, 5) is 21.5. The third-order valence-electron chi connectivity index (χ3n) is 7.16. The van der Waals surface area contributed by atoms with Gasteiger partial charge in [-0.3, -0.25) is 0 Å². The number of fused-ring (bicyclic) bond motifs is 1. The number of alkyl halides is 3. The first-order chi connectivity index (χ1) is 16.2. The Morgan fingerprint density at radius 1 is 1.00 bits per heavy atom. The van der Waals surface area contributed by atoms with E-state index in [4.69, 9.17) is 9.72 Å². The standard InChI is InChI=1S/C22H25F3N8O/c1-13-19-20(33(30-13)15-9-34-10-15)29-18(8-26-19)31-5-3-21(4-6-31)11-32(12-21)17-7-16(22(23,24)25)27-14(2)28-17/h7-8,15H,3-6,9-12H2,1-2H3. The van der Waals surface area contributed by atoms with Crippen molar-refractivity contribution in [3.63, 3.8) is 0 Å². The number of piperidine rings is 1. The molecule has 0 radical (unpaired) electrons. The molecular formula is C22H25F3N8O. The molecule has 3 fully saturated rings. The number of aromatic nitrogens is 6. The van der Waals surface area contributed by atoms with Gasteiger partial charge in [0, 0.05) is 37.7 Å². The highest BCUT2D eigenvalue weighted by Crippen LogP contribution is 2.43. The minimum atomic E-state index is -4.47. The van der Waals surface area contributed by atoms with Crippen LogP contribution in [0.1, 0.15) is 36.1 Å². The van der Waals surface area contributed by atoms with Crippen molar-refractivity contribution >= 4 is 22.8 Å². The summed E-state index contributed by atoms with van der Waals surface area (Å²) >= 11 is 0. The smallest absolute Gasteiger partial charge is 0.377 e. The molecule has 0 unspecified atom stereocenters. The Kier molecular flexibility index (Phi) is 4.74. The minimum absolute atomic E-state index is 0.0902. The van der Waals surface area contributed by atoms with E-state index in [0.717, 1.165) is 54.7 Å². The van der Waals surface area contributed by atoms with E-state index in [-0.39, 0.29) is 17.3 Å². The summed E-state index contributed by atoms with van der Waals surface area (Å²) in [6.45, 7) is 7.77. The van der Waals surface area contributed by atoms with E-state index in [2.05, 4.69) is 25.0 Å². The van der Waals surface area contributed by atoms with Crippen LogP contribution in [0.5, 0.6) is 0 Å². The summed E-state index contributed by atoms with van der Waals surface area (Å²) in [6.07, 6.45) is -0.785. The van der Waals surface area contributed by atoms with E-state index < -0.39 is 11.9 Å². The van der Waals surface area contributed by atoms with Crippen molar-refractivity contribution in [3.8, 4) is 0 Å². The maximum absolute atomic E-state index is 13.1. The number of hydrogen-bond acceptors (Lipinski definition) is 8. The predicted octanol–water partition coefficient (Wildman–Crippen LogP) is 2.93. The van der Waals surface area contributed by atoms with Crippen LogP contribution in [0.2, 0.25) is 0 Å². The summed E-state index contributed by atoms with van der Waals surface area (Å²) in [5, 5.41) is 4.61. The molecule has 0 bridgehead atoms. The highest BCUT2D eigenvalue weighted by Gasteiger charge is 2.46. The topological polar surface area (TPSA) is 85.1 Å². The van der Waals surface area contributed by atoms with E-state index in [9.17, 15) is 13.2 Å². The lowest BCUT2D eigenvalue weighted by atomic mass is 9.72. The zero-order chi connectivity index (χ0) is 23.7. The summed E-state index contributed by atoms with van der Waals surface area (Å²) < 4.78 is 46.7. The molecule has 0 amide bonds. The van der Waals surface area contributed by atoms with Crippen molar-refractivity contribution in [2.75, 3.05) is 49.2 Å². The molecule has 180 valence electrons. The fourth-order valence-corrected chi connectivity index (χ4v) is 5.12. The van der Waals surface area contributed by atoms with E-state index in [1.54, 1.807) is 0 Å². The van der Waals surface area contributed by atoms with Crippen LogP contribution in [0, 0.1) is 19.3 Å². The zero-order valence-electron chi connectivity index (χ0n) is 19.0. The molecule has 3 aromatic rings. The van der Waals surface area contributed by atoms with Gasteiger partial charge in [0.1, 0.15) is 34.7 Å². The van der Waals surface area contributed by atoms with Gasteiger partial charge in [-0.15, -0.1) is 0 Å². The van der Waals surface area contributed by atoms with Crippen molar-refractivity contribution in [3.05, 3.63) is 29.5 Å². The lowest BCUT2D eigenvalue weighted by Crippen LogP contribution is -2.61. The van der Waals surface area contributed by atoms with Crippen molar-refractivity contribution in [2.24, 2.45) is 5.41 Å². The average Bonchev–Trinajstić information content (AvgIpc) is 3.05. The van der Waals surface area contributed by atoms with Crippen LogP contribution in [-0.2, 0) is 10.9 Å². The Bertz CT molecular complexity index is 1240. The Morgan fingerprint density at radius 3 is 2.38 bits per heavy atom. The van der Waals surface area contributed by atoms with Gasteiger partial charge >= 0.3 is 6.18 Å². The Morgan fingerprint density at radius 2 is 1.74 bits per heavy atom. The first kappa shape index (κ1) is 21.5. The lowest BCUT2D eigenvalue weighted by molar-refractivity contribution is -0.141. The van der Waals surface area contributed by atoms with Gasteiger partial charge < -0.3 is 14.5 Å². The van der Waals surface area contributed by atoms with Crippen LogP contribution in [0.3, 0.4) is 0 Å². The molecule has 0 atom stereocenters. The van der Waals surface area contributed by atoms with E-state index in [1.165, 1.54) is 6.92 Å². The van der Waals surface area contributed by atoms with Crippen LogP contribution in [0.25, 0.3) is 11.2 Å². The van der Waals surface area contributed by atoms with Gasteiger partial charge in [0.25, 0.3) is 0 Å². The molecule has 6 heterocycles. The van der Waals surface area contributed by atoms with Gasteiger partial charge in [-0.05, 0) is 26.7 Å². The second-order valence-corrected chi connectivity index (χ2v) is 9.62. The van der Waals surface area contributed by atoms with Gasteiger partial charge in [0.2, 0.25) is 0 Å². The Balaban J connectivity index is 1.14. The van der Waals surface area contributed by atoms with Crippen LogP contribution in [0.15, 0.2) is 12.3 Å². The lowest BCUT2D eigenvalue weighted by Gasteiger charge is -2.54. The fourth-order valence-electron chi connectivity index (χ4n) is 5.12. The summed E-state index contributed by atoms with van der Waals surface area (Å²) in [7, 11) is 0. The van der Waals surface area contributed by atoms with Crippen LogP contribution < -0.4 is 9.80 Å². The highest BCUT2D eigenvalue weighted by atomic mass is 19.4. The van der Waals surface area contributed by atoms with Gasteiger partial charge in [-0.1, -0.05) is 0 Å². The molecule has 9 nitrogen and oxygen atoms in total. The first-order valence-electron chi connectivity index (χ1n) is 11.4. The number of hydrogen-bond donors (Lipinski definition) is 0. The molecule has 0 saturated carbocycles. The zero-order valence-corrected chi connectivity index (χ0v) is 19.0. The van der Waals surface area contributed by atoms with Gasteiger partial charge in [-0.2, -0.15) is 18.3 Å². The molecule has 3 aliphatic heterocycles. The molecular weight excluding hydrogens is 449 g/mol. The molecule has 0 aliphatic carbocycles. The number of rotatable bonds is 3. The fraction of sp³-hybridized carbons (Fsp3) is 0.591. The van der Waals surface area contributed by atoms with E-state index in [0.29, 0.717) is 32.1 Å². The van der Waals surface area contributed by atoms with Crippen molar-refractivity contribution in [2.45, 2.75) is 38.9 Å². The maximum Gasteiger partial charge on any atom is 0.433 e. The maximum atomic E-state index is 13.1. The number of nitrogens with zero attached hydrogens (tertiary/aromatic N) is 8. The normalized spacial score (nSPS) is 20.6. The molecule has 3 saturated heterocycles. The van der Waals surface area contributed by atoms with Crippen LogP contribution >= 0.6 is 0 Å². The second kappa shape index (κ2) is 7.49. The minimum Gasteiger partial charge on any atom is -0.377 e. The number of anilines is 2. The monoisotopic (exact) mass is 474 g/mol. The van der Waals surface area contributed by atoms with Gasteiger partial charge in [-0.25, -0.2) is 24.6 Å². The third kappa shape index (κ3) is 3.55. The van der Waals surface area contributed by atoms with Crippen molar-refractivity contribution < 1.29 is 17.9 Å². The summed E-state index contributed by atoms with van der Waals surface area (Å²) in [5.74, 6) is 1.33. The summed E-state index contributed by atoms with van der Waals surface area (Å²) in [5.41, 5.74) is 1.67. The SMILES string of the molecule is Cc1nc(N2CC3(CCN(c4cnc5c(C)nn(C6COC6)c5n4)CC3)C2)cc(C(F)(F)F)n1. The van der Waals surface area contributed by atoms with Gasteiger partial charge in [0.15, 0.2) is 5.65 Å². The molecule has 0 aromatic carbocycles. The van der Waals surface area contributed by atoms with E-state index in [1.807, 2.05) is 22.7 Å². The van der Waals surface area contributed by atoms with Crippen molar-refractivity contribution in [1.29, 1.82) is 0 Å². The van der Waals surface area contributed by atoms with Crippen LogP contribution in [0.4, 0.5) is 24.8 Å². The van der Waals surface area contributed by atoms with Crippen molar-refractivity contribution in [1.82, 2.24) is 29.7 Å². The first-order valence-corrected chi connectivity index (χ1v) is 11.4. The Hall–Kier alpha value is -3.02. The molecule has 3 aliphatic rings. The Labute approximate surface area is 194 Å². The second-order valence-electron chi connectivity index (χ2n) is 9.62. The highest BCUT2D eigenvalue weighted by molar-refractivity contribution is 5.75. The summed E-state index contributed by atoms with van der Waals surface area (Å²) in [6, 6.07) is 1.26. The molecule has 1 spiro atoms. The molecule has 34 heavy (non-hydrogen) atoms. The molecule has 0 N–H and O–H groups in total. The number of ether oxygens (including phenoxy) is 1. The molecule has 3 aromatic heterocycles. The largest absolute Gasteiger partial charge is 0.433 e. The van der Waals surface area contributed by atoms with E-state index >= 15 is 0 Å². The predicted molar refractivity (Wildman–Crippen MR) is 118 cm³/mol. The quantitative estimate of drug-likeness (QED) is 0.573. The van der Waals surface area contributed by atoms with Crippen LogP contribution in [-0.4, -0.2) is 69.1 Å². The number of halogens is 3.